The summed E-state index contributed by atoms with van der Waals surface area (Å²) in [5, 5.41) is 8.70. The lowest BCUT2D eigenvalue weighted by Crippen LogP contribution is -2.14. The molecule has 0 fully saturated rings. The Bertz CT molecular complexity index is 655. The van der Waals surface area contributed by atoms with Crippen LogP contribution in [0.3, 0.4) is 0 Å². The minimum Gasteiger partial charge on any atom is -0.465 e. The van der Waals surface area contributed by atoms with Crippen molar-refractivity contribution in [3.05, 3.63) is 59.9 Å². The summed E-state index contributed by atoms with van der Waals surface area (Å²) < 4.78 is 19.6. The van der Waals surface area contributed by atoms with Gasteiger partial charge in [0.25, 0.3) is 0 Å². The molecule has 0 saturated heterocycles. The Labute approximate surface area is 142 Å². The molecular formula is C20H23FO3. The van der Waals surface area contributed by atoms with Gasteiger partial charge in [-0.05, 0) is 43.4 Å². The van der Waals surface area contributed by atoms with Crippen LogP contribution in [0, 0.1) is 5.82 Å². The Morgan fingerprint density at radius 3 is 2.54 bits per heavy atom. The Morgan fingerprint density at radius 1 is 1.12 bits per heavy atom. The van der Waals surface area contributed by atoms with Gasteiger partial charge in [-0.1, -0.05) is 42.5 Å². The molecule has 1 atom stereocenters. The SMILES string of the molecule is CC(C(=O)OCCCCCO)c1ccc(-c2ccccc2)c(F)c1. The van der Waals surface area contributed by atoms with E-state index in [0.717, 1.165) is 18.4 Å². The van der Waals surface area contributed by atoms with Gasteiger partial charge in [0, 0.05) is 12.2 Å². The fourth-order valence-corrected chi connectivity index (χ4v) is 2.48. The summed E-state index contributed by atoms with van der Waals surface area (Å²) in [6.45, 7) is 2.19. The van der Waals surface area contributed by atoms with Gasteiger partial charge in [-0.15, -0.1) is 0 Å². The average Bonchev–Trinajstić information content (AvgIpc) is 2.61. The molecule has 0 spiro atoms. The molecule has 1 N–H and O–H groups in total. The summed E-state index contributed by atoms with van der Waals surface area (Å²) in [4.78, 5) is 12.0. The van der Waals surface area contributed by atoms with E-state index in [9.17, 15) is 9.18 Å². The van der Waals surface area contributed by atoms with Crippen molar-refractivity contribution in [3.8, 4) is 11.1 Å². The third-order valence-electron chi connectivity index (χ3n) is 3.98. The number of rotatable bonds is 8. The second-order valence-electron chi connectivity index (χ2n) is 5.78. The number of aliphatic hydroxyl groups is 1. The number of carbonyl (C=O) groups is 1. The zero-order chi connectivity index (χ0) is 17.4. The van der Waals surface area contributed by atoms with Crippen molar-refractivity contribution >= 4 is 5.97 Å². The van der Waals surface area contributed by atoms with Crippen molar-refractivity contribution < 1.29 is 19.0 Å². The molecule has 0 aromatic heterocycles. The quantitative estimate of drug-likeness (QED) is 0.580. The van der Waals surface area contributed by atoms with Crippen molar-refractivity contribution in [3.63, 3.8) is 0 Å². The third kappa shape index (κ3) is 4.90. The number of hydrogen-bond donors (Lipinski definition) is 1. The number of unbranched alkanes of at least 4 members (excludes halogenated alkanes) is 2. The molecule has 0 aliphatic heterocycles. The van der Waals surface area contributed by atoms with Crippen molar-refractivity contribution in [1.82, 2.24) is 0 Å². The minimum atomic E-state index is -0.512. The van der Waals surface area contributed by atoms with Crippen LogP contribution in [-0.2, 0) is 9.53 Å². The topological polar surface area (TPSA) is 46.5 Å². The van der Waals surface area contributed by atoms with Gasteiger partial charge in [-0.3, -0.25) is 4.79 Å². The zero-order valence-corrected chi connectivity index (χ0v) is 13.9. The van der Waals surface area contributed by atoms with Crippen LogP contribution in [0.1, 0.15) is 37.7 Å². The smallest absolute Gasteiger partial charge is 0.313 e. The molecule has 1 unspecified atom stereocenters. The highest BCUT2D eigenvalue weighted by Gasteiger charge is 2.18. The van der Waals surface area contributed by atoms with Gasteiger partial charge >= 0.3 is 5.97 Å². The molecular weight excluding hydrogens is 307 g/mol. The summed E-state index contributed by atoms with van der Waals surface area (Å²) in [6.07, 6.45) is 2.25. The lowest BCUT2D eigenvalue weighted by Gasteiger charge is -2.13. The molecule has 0 saturated carbocycles. The molecule has 4 heteroatoms. The minimum absolute atomic E-state index is 0.150. The van der Waals surface area contributed by atoms with E-state index in [-0.39, 0.29) is 18.4 Å². The van der Waals surface area contributed by atoms with E-state index in [0.29, 0.717) is 24.2 Å². The van der Waals surface area contributed by atoms with Gasteiger partial charge in [-0.25, -0.2) is 4.39 Å². The Morgan fingerprint density at radius 2 is 1.88 bits per heavy atom. The normalized spacial score (nSPS) is 12.0. The van der Waals surface area contributed by atoms with Gasteiger partial charge < -0.3 is 9.84 Å². The number of esters is 1. The van der Waals surface area contributed by atoms with E-state index >= 15 is 0 Å². The molecule has 0 aliphatic carbocycles. The molecule has 0 bridgehead atoms. The standard InChI is InChI=1S/C20H23FO3/c1-15(20(23)24-13-7-3-6-12-22)17-10-11-18(19(21)14-17)16-8-4-2-5-9-16/h2,4-5,8-11,14-15,22H,3,6-7,12-13H2,1H3. The Hall–Kier alpha value is -2.20. The van der Waals surface area contributed by atoms with Gasteiger partial charge in [0.05, 0.1) is 12.5 Å². The summed E-state index contributed by atoms with van der Waals surface area (Å²) in [6, 6.07) is 14.2. The highest BCUT2D eigenvalue weighted by Crippen LogP contribution is 2.26. The first-order chi connectivity index (χ1) is 11.6. The van der Waals surface area contributed by atoms with Crippen LogP contribution >= 0.6 is 0 Å². The maximum Gasteiger partial charge on any atom is 0.313 e. The lowest BCUT2D eigenvalue weighted by molar-refractivity contribution is -0.145. The number of aliphatic hydroxyl groups excluding tert-OH is 1. The fraction of sp³-hybridized carbons (Fsp3) is 0.350. The maximum atomic E-state index is 14.4. The predicted octanol–water partition coefficient (Wildman–Crippen LogP) is 4.30. The molecule has 0 aliphatic rings. The van der Waals surface area contributed by atoms with E-state index in [4.69, 9.17) is 9.84 Å². The van der Waals surface area contributed by atoms with Crippen LogP contribution in [-0.4, -0.2) is 24.3 Å². The summed E-state index contributed by atoms with van der Waals surface area (Å²) in [5.74, 6) is -1.21. The van der Waals surface area contributed by atoms with Gasteiger partial charge in [0.2, 0.25) is 0 Å². The highest BCUT2D eigenvalue weighted by atomic mass is 19.1. The fourth-order valence-electron chi connectivity index (χ4n) is 2.48. The van der Waals surface area contributed by atoms with Gasteiger partial charge in [0.15, 0.2) is 0 Å². The average molecular weight is 330 g/mol. The Balaban J connectivity index is 1.99. The Kier molecular flexibility index (Phi) is 6.94. The van der Waals surface area contributed by atoms with E-state index < -0.39 is 5.92 Å². The van der Waals surface area contributed by atoms with Crippen LogP contribution in [0.4, 0.5) is 4.39 Å². The molecule has 2 rings (SSSR count). The molecule has 128 valence electrons. The third-order valence-corrected chi connectivity index (χ3v) is 3.98. The summed E-state index contributed by atoms with van der Waals surface area (Å²) in [5.41, 5.74) is 1.93. The van der Waals surface area contributed by atoms with Crippen molar-refractivity contribution in [2.75, 3.05) is 13.2 Å². The van der Waals surface area contributed by atoms with Crippen LogP contribution < -0.4 is 0 Å². The highest BCUT2D eigenvalue weighted by molar-refractivity contribution is 5.78. The van der Waals surface area contributed by atoms with Crippen molar-refractivity contribution in [2.45, 2.75) is 32.1 Å². The molecule has 3 nitrogen and oxygen atoms in total. The lowest BCUT2D eigenvalue weighted by atomic mass is 9.97. The van der Waals surface area contributed by atoms with E-state index in [1.807, 2.05) is 30.3 Å². The van der Waals surface area contributed by atoms with E-state index in [2.05, 4.69) is 0 Å². The van der Waals surface area contributed by atoms with Gasteiger partial charge in [-0.2, -0.15) is 0 Å². The van der Waals surface area contributed by atoms with Crippen molar-refractivity contribution in [1.29, 1.82) is 0 Å². The van der Waals surface area contributed by atoms with Crippen LogP contribution in [0.2, 0.25) is 0 Å². The van der Waals surface area contributed by atoms with Crippen LogP contribution in [0.5, 0.6) is 0 Å². The molecule has 2 aromatic carbocycles. The first kappa shape index (κ1) is 18.1. The van der Waals surface area contributed by atoms with Crippen LogP contribution in [0.25, 0.3) is 11.1 Å². The van der Waals surface area contributed by atoms with Crippen LogP contribution in [0.15, 0.2) is 48.5 Å². The van der Waals surface area contributed by atoms with Crippen molar-refractivity contribution in [2.24, 2.45) is 0 Å². The number of carbonyl (C=O) groups excluding carboxylic acids is 1. The monoisotopic (exact) mass is 330 g/mol. The first-order valence-electron chi connectivity index (χ1n) is 8.26. The second kappa shape index (κ2) is 9.18. The van der Waals surface area contributed by atoms with Gasteiger partial charge in [0.1, 0.15) is 5.82 Å². The molecule has 0 amide bonds. The number of halogens is 1. The number of ether oxygens (including phenoxy) is 1. The van der Waals surface area contributed by atoms with E-state index in [1.165, 1.54) is 6.07 Å². The molecule has 24 heavy (non-hydrogen) atoms. The zero-order valence-electron chi connectivity index (χ0n) is 13.9. The number of benzene rings is 2. The predicted molar refractivity (Wildman–Crippen MR) is 92.1 cm³/mol. The molecule has 0 heterocycles. The first-order valence-corrected chi connectivity index (χ1v) is 8.26. The maximum absolute atomic E-state index is 14.4. The molecule has 0 radical (unpaired) electrons. The summed E-state index contributed by atoms with van der Waals surface area (Å²) >= 11 is 0. The number of hydrogen-bond acceptors (Lipinski definition) is 3. The molecule has 2 aromatic rings. The second-order valence-corrected chi connectivity index (χ2v) is 5.78. The van der Waals surface area contributed by atoms with E-state index in [1.54, 1.807) is 19.1 Å². The summed E-state index contributed by atoms with van der Waals surface area (Å²) in [7, 11) is 0. The largest absolute Gasteiger partial charge is 0.465 e.